The Morgan fingerprint density at radius 1 is 1.67 bits per heavy atom. The van der Waals surface area contributed by atoms with Crippen LogP contribution in [0.5, 0.6) is 0 Å². The summed E-state index contributed by atoms with van der Waals surface area (Å²) in [5.74, 6) is 0. The van der Waals surface area contributed by atoms with Crippen molar-refractivity contribution in [2.45, 2.75) is 38.5 Å². The van der Waals surface area contributed by atoms with Crippen LogP contribution in [0.25, 0.3) is 0 Å². The van der Waals surface area contributed by atoms with Crippen LogP contribution in [0.4, 0.5) is 0 Å². The van der Waals surface area contributed by atoms with E-state index >= 15 is 0 Å². The molecule has 0 spiro atoms. The number of pyridine rings is 1. The molecule has 2 heterocycles. The second-order valence-corrected chi connectivity index (χ2v) is 4.08. The fourth-order valence-corrected chi connectivity index (χ4v) is 1.91. The van der Waals surface area contributed by atoms with Crippen molar-refractivity contribution in [1.29, 1.82) is 0 Å². The molecule has 1 aromatic heterocycles. The molecule has 0 amide bonds. The zero-order valence-corrected chi connectivity index (χ0v) is 9.15. The zero-order chi connectivity index (χ0) is 10.5. The number of ether oxygens (including phenoxy) is 1. The minimum absolute atomic E-state index is 0.390. The van der Waals surface area contributed by atoms with Crippen LogP contribution in [-0.4, -0.2) is 23.7 Å². The number of rotatable bonds is 4. The molecule has 1 saturated heterocycles. The molecule has 82 valence electrons. The quantitative estimate of drug-likeness (QED) is 0.814. The monoisotopic (exact) mass is 206 g/mol. The van der Waals surface area contributed by atoms with E-state index in [9.17, 15) is 0 Å². The highest BCUT2D eigenvalue weighted by atomic mass is 16.5. The predicted molar refractivity (Wildman–Crippen MR) is 59.5 cm³/mol. The van der Waals surface area contributed by atoms with Gasteiger partial charge in [-0.25, -0.2) is 0 Å². The van der Waals surface area contributed by atoms with E-state index < -0.39 is 0 Å². The third kappa shape index (κ3) is 3.01. The number of hydrogen-bond acceptors (Lipinski definition) is 3. The van der Waals surface area contributed by atoms with Crippen molar-refractivity contribution in [1.82, 2.24) is 10.3 Å². The van der Waals surface area contributed by atoms with Gasteiger partial charge in [-0.3, -0.25) is 4.98 Å². The minimum atomic E-state index is 0.390. The third-order valence-corrected chi connectivity index (χ3v) is 2.87. The lowest BCUT2D eigenvalue weighted by molar-refractivity contribution is 0.0832. The summed E-state index contributed by atoms with van der Waals surface area (Å²) in [6, 6.07) is 4.48. The van der Waals surface area contributed by atoms with E-state index in [0.29, 0.717) is 12.1 Å². The summed E-state index contributed by atoms with van der Waals surface area (Å²) >= 11 is 0. The van der Waals surface area contributed by atoms with Crippen molar-refractivity contribution in [2.24, 2.45) is 0 Å². The molecule has 2 atom stereocenters. The molecule has 1 N–H and O–H groups in total. The van der Waals surface area contributed by atoms with Gasteiger partial charge in [-0.2, -0.15) is 0 Å². The summed E-state index contributed by atoms with van der Waals surface area (Å²) in [6.45, 7) is 3.98. The Balaban J connectivity index is 1.77. The van der Waals surface area contributed by atoms with Crippen molar-refractivity contribution in [2.75, 3.05) is 6.61 Å². The normalized spacial score (nSPS) is 22.9. The molecule has 1 aliphatic rings. The van der Waals surface area contributed by atoms with Gasteiger partial charge >= 0.3 is 0 Å². The Labute approximate surface area is 90.9 Å². The molecule has 1 aromatic rings. The molecule has 0 aromatic carbocycles. The second kappa shape index (κ2) is 5.24. The second-order valence-electron chi connectivity index (χ2n) is 4.08. The number of aromatic nitrogens is 1. The highest BCUT2D eigenvalue weighted by Crippen LogP contribution is 2.15. The fourth-order valence-electron chi connectivity index (χ4n) is 1.91. The molecule has 0 radical (unpaired) electrons. The fraction of sp³-hybridized carbons (Fsp3) is 0.583. The van der Waals surface area contributed by atoms with Crippen molar-refractivity contribution in [3.8, 4) is 0 Å². The van der Waals surface area contributed by atoms with Gasteiger partial charge in [0.25, 0.3) is 0 Å². The zero-order valence-electron chi connectivity index (χ0n) is 9.15. The SMILES string of the molecule is CC(NCc1cccnc1)C1CCCO1. The van der Waals surface area contributed by atoms with E-state index in [1.54, 1.807) is 6.20 Å². The first-order valence-corrected chi connectivity index (χ1v) is 5.60. The van der Waals surface area contributed by atoms with Gasteiger partial charge in [-0.1, -0.05) is 6.07 Å². The molecule has 2 unspecified atom stereocenters. The average Bonchev–Trinajstić information content (AvgIpc) is 2.81. The Bertz CT molecular complexity index is 283. The van der Waals surface area contributed by atoms with Crippen LogP contribution in [0.3, 0.4) is 0 Å². The van der Waals surface area contributed by atoms with E-state index in [4.69, 9.17) is 4.74 Å². The van der Waals surface area contributed by atoms with E-state index in [0.717, 1.165) is 13.2 Å². The molecule has 3 nitrogen and oxygen atoms in total. The molecule has 3 heteroatoms. The van der Waals surface area contributed by atoms with Crippen LogP contribution in [0, 0.1) is 0 Å². The van der Waals surface area contributed by atoms with Gasteiger partial charge in [-0.15, -0.1) is 0 Å². The van der Waals surface area contributed by atoms with Crippen molar-refractivity contribution in [3.63, 3.8) is 0 Å². The molecule has 0 saturated carbocycles. The first-order valence-electron chi connectivity index (χ1n) is 5.60. The van der Waals surface area contributed by atoms with E-state index in [2.05, 4.69) is 23.3 Å². The van der Waals surface area contributed by atoms with Crippen molar-refractivity contribution < 1.29 is 4.74 Å². The van der Waals surface area contributed by atoms with Gasteiger partial charge in [-0.05, 0) is 31.4 Å². The highest BCUT2D eigenvalue weighted by molar-refractivity contribution is 5.08. The number of hydrogen-bond donors (Lipinski definition) is 1. The summed E-state index contributed by atoms with van der Waals surface area (Å²) in [4.78, 5) is 4.09. The third-order valence-electron chi connectivity index (χ3n) is 2.87. The lowest BCUT2D eigenvalue weighted by atomic mass is 10.1. The van der Waals surface area contributed by atoms with Crippen LogP contribution in [-0.2, 0) is 11.3 Å². The summed E-state index contributed by atoms with van der Waals surface area (Å²) in [7, 11) is 0. The van der Waals surface area contributed by atoms with Crippen LogP contribution in [0.2, 0.25) is 0 Å². The highest BCUT2D eigenvalue weighted by Gasteiger charge is 2.21. The van der Waals surface area contributed by atoms with Gasteiger partial charge in [0.15, 0.2) is 0 Å². The minimum Gasteiger partial charge on any atom is -0.377 e. The summed E-state index contributed by atoms with van der Waals surface area (Å²) in [6.07, 6.45) is 6.47. The summed E-state index contributed by atoms with van der Waals surface area (Å²) in [5, 5.41) is 3.48. The van der Waals surface area contributed by atoms with E-state index in [1.165, 1.54) is 18.4 Å². The Hall–Kier alpha value is -0.930. The van der Waals surface area contributed by atoms with Crippen LogP contribution < -0.4 is 5.32 Å². The standard InChI is InChI=1S/C12H18N2O/c1-10(12-5-3-7-15-12)14-9-11-4-2-6-13-8-11/h2,4,6,8,10,12,14H,3,5,7,9H2,1H3. The molecule has 1 aliphatic heterocycles. The molecule has 0 aliphatic carbocycles. The van der Waals surface area contributed by atoms with Crippen LogP contribution in [0.15, 0.2) is 24.5 Å². The van der Waals surface area contributed by atoms with E-state index in [1.807, 2.05) is 12.3 Å². The maximum absolute atomic E-state index is 5.63. The molecular weight excluding hydrogens is 188 g/mol. The predicted octanol–water partition coefficient (Wildman–Crippen LogP) is 1.74. The molecule has 1 fully saturated rings. The van der Waals surface area contributed by atoms with Crippen molar-refractivity contribution >= 4 is 0 Å². The van der Waals surface area contributed by atoms with Crippen LogP contribution >= 0.6 is 0 Å². The topological polar surface area (TPSA) is 34.2 Å². The average molecular weight is 206 g/mol. The lowest BCUT2D eigenvalue weighted by Crippen LogP contribution is -2.36. The maximum atomic E-state index is 5.63. The van der Waals surface area contributed by atoms with Gasteiger partial charge in [0, 0.05) is 31.6 Å². The van der Waals surface area contributed by atoms with E-state index in [-0.39, 0.29) is 0 Å². The number of nitrogens with one attached hydrogen (secondary N) is 1. The van der Waals surface area contributed by atoms with Gasteiger partial charge in [0.1, 0.15) is 0 Å². The van der Waals surface area contributed by atoms with Gasteiger partial charge in [0.05, 0.1) is 6.10 Å². The first kappa shape index (κ1) is 10.6. The van der Waals surface area contributed by atoms with Crippen molar-refractivity contribution in [3.05, 3.63) is 30.1 Å². The van der Waals surface area contributed by atoms with Gasteiger partial charge < -0.3 is 10.1 Å². The van der Waals surface area contributed by atoms with Gasteiger partial charge in [0.2, 0.25) is 0 Å². The maximum Gasteiger partial charge on any atom is 0.0726 e. The Kier molecular flexibility index (Phi) is 3.69. The molecule has 2 rings (SSSR count). The first-order chi connectivity index (χ1) is 7.36. The Morgan fingerprint density at radius 3 is 3.27 bits per heavy atom. The Morgan fingerprint density at radius 2 is 2.60 bits per heavy atom. The molecular formula is C12H18N2O. The molecule has 15 heavy (non-hydrogen) atoms. The number of nitrogens with zero attached hydrogens (tertiary/aromatic N) is 1. The summed E-state index contributed by atoms with van der Waals surface area (Å²) in [5.41, 5.74) is 1.22. The molecule has 0 bridgehead atoms. The largest absolute Gasteiger partial charge is 0.377 e. The summed E-state index contributed by atoms with van der Waals surface area (Å²) < 4.78 is 5.63. The smallest absolute Gasteiger partial charge is 0.0726 e. The lowest BCUT2D eigenvalue weighted by Gasteiger charge is -2.19. The van der Waals surface area contributed by atoms with Crippen LogP contribution in [0.1, 0.15) is 25.3 Å².